The van der Waals surface area contributed by atoms with Gasteiger partial charge in [-0.2, -0.15) is 0 Å². The van der Waals surface area contributed by atoms with Crippen molar-refractivity contribution in [1.82, 2.24) is 0 Å². The number of ether oxygens (including phenoxy) is 1. The molecule has 1 atom stereocenters. The zero-order valence-electron chi connectivity index (χ0n) is 15.9. The molecule has 146 valence electrons. The summed E-state index contributed by atoms with van der Waals surface area (Å²) in [5, 5.41) is 10.6. The number of carboxylic acid groups (broad SMARTS) is 1. The number of Topliss-reactive ketones (excluding diaryl/α,β-unsaturated/α-hetero) is 1. The van der Waals surface area contributed by atoms with Crippen molar-refractivity contribution in [3.8, 4) is 0 Å². The van der Waals surface area contributed by atoms with E-state index in [0.717, 1.165) is 16.3 Å². The predicted octanol–water partition coefficient (Wildman–Crippen LogP) is 4.65. The van der Waals surface area contributed by atoms with Gasteiger partial charge in [0.25, 0.3) is 0 Å². The highest BCUT2D eigenvalue weighted by atomic mass is 16.5. The minimum Gasteiger partial charge on any atom is -0.481 e. The smallest absolute Gasteiger partial charge is 0.335 e. The second-order valence-corrected chi connectivity index (χ2v) is 6.76. The van der Waals surface area contributed by atoms with Crippen LogP contribution >= 0.6 is 0 Å². The van der Waals surface area contributed by atoms with Crippen molar-refractivity contribution >= 4 is 28.5 Å². The first-order valence-corrected chi connectivity index (χ1v) is 9.06. The van der Waals surface area contributed by atoms with Crippen molar-refractivity contribution in [3.63, 3.8) is 0 Å². The molecule has 1 N–H and O–H groups in total. The average Bonchev–Trinajstić information content (AvgIpc) is 2.71. The van der Waals surface area contributed by atoms with Crippen LogP contribution in [0.15, 0.2) is 78.9 Å². The van der Waals surface area contributed by atoms with E-state index in [-0.39, 0.29) is 5.57 Å². The van der Waals surface area contributed by atoms with Crippen LogP contribution in [0.5, 0.6) is 0 Å². The Labute approximate surface area is 168 Å². The molecule has 0 heterocycles. The van der Waals surface area contributed by atoms with Gasteiger partial charge >= 0.3 is 11.9 Å². The van der Waals surface area contributed by atoms with E-state index in [2.05, 4.69) is 6.58 Å². The second kappa shape index (κ2) is 8.52. The Morgan fingerprint density at radius 2 is 1.62 bits per heavy atom. The molecular formula is C24H20O5. The zero-order chi connectivity index (χ0) is 21.0. The Morgan fingerprint density at radius 1 is 0.966 bits per heavy atom. The predicted molar refractivity (Wildman–Crippen MR) is 110 cm³/mol. The Balaban J connectivity index is 2.04. The van der Waals surface area contributed by atoms with Crippen LogP contribution in [-0.4, -0.2) is 22.8 Å². The maximum atomic E-state index is 13.3. The third-order valence-electron chi connectivity index (χ3n) is 4.56. The van der Waals surface area contributed by atoms with E-state index < -0.39 is 30.2 Å². The molecule has 0 aromatic heterocycles. The number of esters is 1. The van der Waals surface area contributed by atoms with Crippen molar-refractivity contribution in [1.29, 1.82) is 0 Å². The van der Waals surface area contributed by atoms with E-state index in [1.807, 2.05) is 37.3 Å². The SMILES string of the molecule is C=C(CC(=O)O)C(=O)OC(C(=O)c1ccc(C)cc1)c1cccc2ccccc12. The third kappa shape index (κ3) is 4.58. The lowest BCUT2D eigenvalue weighted by atomic mass is 9.94. The van der Waals surface area contributed by atoms with Gasteiger partial charge in [-0.25, -0.2) is 4.79 Å². The van der Waals surface area contributed by atoms with Gasteiger partial charge in [0.05, 0.1) is 6.42 Å². The molecule has 0 spiro atoms. The Hall–Kier alpha value is -3.73. The molecule has 0 bridgehead atoms. The first-order chi connectivity index (χ1) is 13.9. The molecule has 29 heavy (non-hydrogen) atoms. The van der Waals surface area contributed by atoms with Gasteiger partial charge in [-0.15, -0.1) is 0 Å². The van der Waals surface area contributed by atoms with E-state index in [1.54, 1.807) is 36.4 Å². The van der Waals surface area contributed by atoms with Gasteiger partial charge in [-0.05, 0) is 17.7 Å². The number of aliphatic carboxylic acids is 1. The van der Waals surface area contributed by atoms with Crippen LogP contribution in [0.1, 0.15) is 34.0 Å². The van der Waals surface area contributed by atoms with Crippen LogP contribution in [0.4, 0.5) is 0 Å². The van der Waals surface area contributed by atoms with Crippen LogP contribution in [-0.2, 0) is 14.3 Å². The molecule has 3 aromatic carbocycles. The summed E-state index contributed by atoms with van der Waals surface area (Å²) >= 11 is 0. The number of benzene rings is 3. The molecule has 0 radical (unpaired) electrons. The third-order valence-corrected chi connectivity index (χ3v) is 4.56. The highest BCUT2D eigenvalue weighted by Gasteiger charge is 2.29. The number of ketones is 1. The van der Waals surface area contributed by atoms with E-state index in [9.17, 15) is 14.4 Å². The van der Waals surface area contributed by atoms with Crippen LogP contribution in [0.3, 0.4) is 0 Å². The van der Waals surface area contributed by atoms with Crippen LogP contribution in [0, 0.1) is 6.92 Å². The summed E-state index contributed by atoms with van der Waals surface area (Å²) < 4.78 is 5.50. The first-order valence-electron chi connectivity index (χ1n) is 9.06. The lowest BCUT2D eigenvalue weighted by Crippen LogP contribution is -2.22. The van der Waals surface area contributed by atoms with Crippen molar-refractivity contribution in [3.05, 3.63) is 95.6 Å². The molecule has 0 fully saturated rings. The van der Waals surface area contributed by atoms with E-state index >= 15 is 0 Å². The Bertz CT molecular complexity index is 1090. The number of aryl methyl sites for hydroxylation is 1. The number of fused-ring (bicyclic) bond motifs is 1. The van der Waals surface area contributed by atoms with E-state index in [1.165, 1.54) is 0 Å². The normalized spacial score (nSPS) is 11.6. The van der Waals surface area contributed by atoms with E-state index in [0.29, 0.717) is 11.1 Å². The quantitative estimate of drug-likeness (QED) is 0.362. The summed E-state index contributed by atoms with van der Waals surface area (Å²) in [6.07, 6.45) is -1.78. The number of carbonyl (C=O) groups is 3. The number of carbonyl (C=O) groups excluding carboxylic acids is 2. The molecular weight excluding hydrogens is 368 g/mol. The lowest BCUT2D eigenvalue weighted by molar-refractivity contribution is -0.145. The van der Waals surface area contributed by atoms with Gasteiger partial charge in [-0.3, -0.25) is 9.59 Å². The Morgan fingerprint density at radius 3 is 2.31 bits per heavy atom. The second-order valence-electron chi connectivity index (χ2n) is 6.76. The topological polar surface area (TPSA) is 80.7 Å². The Kier molecular flexibility index (Phi) is 5.88. The fourth-order valence-electron chi connectivity index (χ4n) is 3.05. The van der Waals surface area contributed by atoms with Gasteiger partial charge in [0.2, 0.25) is 5.78 Å². The molecule has 0 saturated heterocycles. The van der Waals surface area contributed by atoms with Crippen molar-refractivity contribution < 1.29 is 24.2 Å². The number of hydrogen-bond donors (Lipinski definition) is 1. The summed E-state index contributed by atoms with van der Waals surface area (Å²) in [4.78, 5) is 36.6. The highest BCUT2D eigenvalue weighted by molar-refractivity contribution is 6.04. The largest absolute Gasteiger partial charge is 0.481 e. The monoisotopic (exact) mass is 388 g/mol. The molecule has 0 aliphatic carbocycles. The van der Waals surface area contributed by atoms with Gasteiger partial charge in [0.1, 0.15) is 0 Å². The molecule has 5 nitrogen and oxygen atoms in total. The van der Waals surface area contributed by atoms with Crippen molar-refractivity contribution in [2.24, 2.45) is 0 Å². The molecule has 0 aliphatic heterocycles. The summed E-state index contributed by atoms with van der Waals surface area (Å²) in [6, 6.07) is 19.8. The number of hydrogen-bond acceptors (Lipinski definition) is 4. The molecule has 1 unspecified atom stereocenters. The average molecular weight is 388 g/mol. The molecule has 3 aromatic rings. The molecule has 0 aliphatic rings. The van der Waals surface area contributed by atoms with Gasteiger partial charge in [0.15, 0.2) is 6.10 Å². The molecule has 3 rings (SSSR count). The first kappa shape index (κ1) is 20.0. The molecule has 5 heteroatoms. The standard InChI is InChI=1S/C24H20O5/c1-15-10-12-18(13-11-15)22(27)23(29-24(28)16(2)14-21(25)26)20-9-5-7-17-6-3-4-8-19(17)20/h3-13,23H,2,14H2,1H3,(H,25,26). The minimum atomic E-state index is -1.22. The summed E-state index contributed by atoms with van der Waals surface area (Å²) in [7, 11) is 0. The molecule has 0 saturated carbocycles. The zero-order valence-corrected chi connectivity index (χ0v) is 15.9. The van der Waals surface area contributed by atoms with Crippen LogP contribution < -0.4 is 0 Å². The summed E-state index contributed by atoms with van der Waals surface area (Å²) in [5.74, 6) is -2.50. The number of rotatable bonds is 7. The van der Waals surface area contributed by atoms with Gasteiger partial charge in [-0.1, -0.05) is 78.9 Å². The van der Waals surface area contributed by atoms with Crippen molar-refractivity contribution in [2.45, 2.75) is 19.4 Å². The number of carboxylic acids is 1. The van der Waals surface area contributed by atoms with Crippen LogP contribution in [0.2, 0.25) is 0 Å². The molecule has 0 amide bonds. The minimum absolute atomic E-state index is 0.223. The summed E-state index contributed by atoms with van der Waals surface area (Å²) in [6.45, 7) is 5.39. The fourth-order valence-corrected chi connectivity index (χ4v) is 3.05. The van der Waals surface area contributed by atoms with Gasteiger partial charge in [0, 0.05) is 16.7 Å². The van der Waals surface area contributed by atoms with Crippen molar-refractivity contribution in [2.75, 3.05) is 0 Å². The van der Waals surface area contributed by atoms with E-state index in [4.69, 9.17) is 9.84 Å². The maximum absolute atomic E-state index is 13.3. The summed E-state index contributed by atoms with van der Waals surface area (Å²) in [5.41, 5.74) is 1.70. The van der Waals surface area contributed by atoms with Gasteiger partial charge < -0.3 is 9.84 Å². The fraction of sp³-hybridized carbons (Fsp3) is 0.125. The maximum Gasteiger partial charge on any atom is 0.335 e. The highest BCUT2D eigenvalue weighted by Crippen LogP contribution is 2.30. The lowest BCUT2D eigenvalue weighted by Gasteiger charge is -2.20. The van der Waals surface area contributed by atoms with Crippen LogP contribution in [0.25, 0.3) is 10.8 Å².